The third-order valence-electron chi connectivity index (χ3n) is 2.99. The monoisotopic (exact) mass is 294 g/mol. The molecule has 0 atom stereocenters. The van der Waals surface area contributed by atoms with Gasteiger partial charge >= 0.3 is 5.97 Å². The van der Waals surface area contributed by atoms with E-state index in [1.165, 1.54) is 11.3 Å². The molecule has 1 aromatic heterocycles. The molecule has 0 spiro atoms. The molecule has 0 aliphatic heterocycles. The maximum Gasteiger partial charge on any atom is 0.338 e. The maximum atomic E-state index is 12.0. The minimum atomic E-state index is -0.382. The second-order valence-electron chi connectivity index (χ2n) is 4.42. The smallest absolute Gasteiger partial charge is 0.338 e. The molecule has 0 unspecified atom stereocenters. The number of thiazole rings is 1. The number of hydrogen-bond acceptors (Lipinski definition) is 5. The Kier molecular flexibility index (Phi) is 3.63. The van der Waals surface area contributed by atoms with E-state index in [0.29, 0.717) is 11.1 Å². The van der Waals surface area contributed by atoms with Crippen LogP contribution in [0.15, 0.2) is 48.0 Å². The molecule has 0 N–H and O–H groups in total. The van der Waals surface area contributed by atoms with Gasteiger partial charge in [-0.3, -0.25) is 0 Å². The molecule has 0 fully saturated rings. The van der Waals surface area contributed by atoms with E-state index in [9.17, 15) is 4.79 Å². The van der Waals surface area contributed by atoms with Gasteiger partial charge in [-0.15, -0.1) is 11.3 Å². The fraction of sp³-hybridized carbons (Fsp3) is 0.0625. The molecule has 0 bridgehead atoms. The topological polar surface area (TPSA) is 63.0 Å². The van der Waals surface area contributed by atoms with E-state index in [-0.39, 0.29) is 12.6 Å². The maximum absolute atomic E-state index is 12.0. The lowest BCUT2D eigenvalue weighted by atomic mass is 10.1. The molecule has 0 saturated carbocycles. The number of nitrogens with zero attached hydrogens (tertiary/aromatic N) is 2. The summed E-state index contributed by atoms with van der Waals surface area (Å²) in [5, 5.41) is 8.84. The van der Waals surface area contributed by atoms with E-state index < -0.39 is 0 Å². The average Bonchev–Trinajstić information content (AvgIpc) is 3.00. The van der Waals surface area contributed by atoms with Gasteiger partial charge in [0.2, 0.25) is 0 Å². The Morgan fingerprint density at radius 2 is 2.19 bits per heavy atom. The number of carbonyl (C=O) groups excluding carboxylic acids is 1. The average molecular weight is 294 g/mol. The number of fused-ring (bicyclic) bond motifs is 1. The van der Waals surface area contributed by atoms with Gasteiger partial charge in [-0.2, -0.15) is 5.26 Å². The highest BCUT2D eigenvalue weighted by atomic mass is 32.1. The van der Waals surface area contributed by atoms with Gasteiger partial charge in [0.25, 0.3) is 0 Å². The van der Waals surface area contributed by atoms with Crippen molar-refractivity contribution in [2.24, 2.45) is 0 Å². The number of benzene rings is 2. The Labute approximate surface area is 125 Å². The lowest BCUT2D eigenvalue weighted by Gasteiger charge is -2.05. The van der Waals surface area contributed by atoms with Crippen LogP contribution in [-0.2, 0) is 11.3 Å². The minimum Gasteiger partial charge on any atom is -0.457 e. The molecule has 5 heteroatoms. The molecule has 1 heterocycles. The number of esters is 1. The Morgan fingerprint density at radius 3 is 3.05 bits per heavy atom. The lowest BCUT2D eigenvalue weighted by Crippen LogP contribution is -2.05. The lowest BCUT2D eigenvalue weighted by molar-refractivity contribution is 0.0473. The molecular formula is C16H10N2O2S. The first-order chi connectivity index (χ1) is 10.3. The summed E-state index contributed by atoms with van der Waals surface area (Å²) in [4.78, 5) is 16.2. The zero-order valence-corrected chi connectivity index (χ0v) is 11.8. The van der Waals surface area contributed by atoms with Crippen LogP contribution >= 0.6 is 11.3 Å². The molecule has 21 heavy (non-hydrogen) atoms. The predicted octanol–water partition coefficient (Wildman–Crippen LogP) is 3.52. The highest BCUT2D eigenvalue weighted by Gasteiger charge is 2.09. The summed E-state index contributed by atoms with van der Waals surface area (Å²) < 4.78 is 6.23. The van der Waals surface area contributed by atoms with E-state index in [4.69, 9.17) is 10.00 Å². The quantitative estimate of drug-likeness (QED) is 0.693. The van der Waals surface area contributed by atoms with E-state index in [2.05, 4.69) is 11.1 Å². The number of rotatable bonds is 3. The highest BCUT2D eigenvalue weighted by molar-refractivity contribution is 7.16. The van der Waals surface area contributed by atoms with Gasteiger partial charge in [-0.25, -0.2) is 9.78 Å². The molecule has 0 radical (unpaired) electrons. The van der Waals surface area contributed by atoms with Crippen LogP contribution < -0.4 is 0 Å². The molecular weight excluding hydrogens is 284 g/mol. The van der Waals surface area contributed by atoms with Crippen LogP contribution in [0.4, 0.5) is 0 Å². The summed E-state index contributed by atoms with van der Waals surface area (Å²) in [6.07, 6.45) is 0. The molecule has 3 aromatic rings. The fourth-order valence-electron chi connectivity index (χ4n) is 1.94. The number of hydrogen-bond donors (Lipinski definition) is 0. The van der Waals surface area contributed by atoms with Crippen LogP contribution in [0.1, 0.15) is 21.5 Å². The van der Waals surface area contributed by atoms with Crippen LogP contribution in [-0.4, -0.2) is 11.0 Å². The fourth-order valence-corrected chi connectivity index (χ4v) is 2.66. The summed E-state index contributed by atoms with van der Waals surface area (Å²) in [5.74, 6) is -0.382. The number of nitriles is 1. The molecule has 3 rings (SSSR count). The zero-order chi connectivity index (χ0) is 14.7. The first-order valence-corrected chi connectivity index (χ1v) is 7.13. The van der Waals surface area contributed by atoms with Crippen molar-refractivity contribution in [1.29, 1.82) is 5.26 Å². The Hall–Kier alpha value is -2.71. The third-order valence-corrected chi connectivity index (χ3v) is 3.78. The Bertz CT molecular complexity index is 849. The zero-order valence-electron chi connectivity index (χ0n) is 10.9. The minimum absolute atomic E-state index is 0.148. The van der Waals surface area contributed by atoms with Crippen molar-refractivity contribution in [2.75, 3.05) is 0 Å². The van der Waals surface area contributed by atoms with Crippen LogP contribution in [0.2, 0.25) is 0 Å². The largest absolute Gasteiger partial charge is 0.457 e. The van der Waals surface area contributed by atoms with Gasteiger partial charge in [0.15, 0.2) is 0 Å². The predicted molar refractivity (Wildman–Crippen MR) is 79.9 cm³/mol. The molecule has 0 amide bonds. The van der Waals surface area contributed by atoms with Crippen molar-refractivity contribution >= 4 is 27.5 Å². The van der Waals surface area contributed by atoms with Gasteiger partial charge in [0.05, 0.1) is 32.9 Å². The summed E-state index contributed by atoms with van der Waals surface area (Å²) in [5.41, 5.74) is 4.46. The second-order valence-corrected chi connectivity index (χ2v) is 5.31. The van der Waals surface area contributed by atoms with Gasteiger partial charge in [-0.1, -0.05) is 12.1 Å². The van der Waals surface area contributed by atoms with Crippen molar-refractivity contribution in [1.82, 2.24) is 4.98 Å². The van der Waals surface area contributed by atoms with Crippen molar-refractivity contribution in [2.45, 2.75) is 6.61 Å². The standard InChI is InChI=1S/C16H10N2O2S/c17-8-11-2-1-3-12(6-11)9-20-16(19)13-4-5-14-15(7-13)21-10-18-14/h1-7,10H,9H2. The first kappa shape index (κ1) is 13.3. The van der Waals surface area contributed by atoms with Crippen LogP contribution in [0.3, 0.4) is 0 Å². The molecule has 0 aliphatic rings. The number of carbonyl (C=O) groups is 1. The van der Waals surface area contributed by atoms with Crippen LogP contribution in [0.25, 0.3) is 10.2 Å². The van der Waals surface area contributed by atoms with Gasteiger partial charge < -0.3 is 4.74 Å². The first-order valence-electron chi connectivity index (χ1n) is 6.26. The SMILES string of the molecule is N#Cc1cccc(COC(=O)c2ccc3ncsc3c2)c1. The van der Waals surface area contributed by atoms with Crippen molar-refractivity contribution in [3.63, 3.8) is 0 Å². The van der Waals surface area contributed by atoms with E-state index in [1.54, 1.807) is 41.9 Å². The normalized spacial score (nSPS) is 10.2. The Morgan fingerprint density at radius 1 is 1.29 bits per heavy atom. The van der Waals surface area contributed by atoms with Crippen LogP contribution in [0, 0.1) is 11.3 Å². The van der Waals surface area contributed by atoms with Crippen LogP contribution in [0.5, 0.6) is 0 Å². The third kappa shape index (κ3) is 2.91. The summed E-state index contributed by atoms with van der Waals surface area (Å²) >= 11 is 1.48. The van der Waals surface area contributed by atoms with Gasteiger partial charge in [0, 0.05) is 0 Å². The van der Waals surface area contributed by atoms with Gasteiger partial charge in [0.1, 0.15) is 6.61 Å². The van der Waals surface area contributed by atoms with Gasteiger partial charge in [-0.05, 0) is 35.9 Å². The molecule has 2 aromatic carbocycles. The van der Waals surface area contributed by atoms with Crippen molar-refractivity contribution < 1.29 is 9.53 Å². The summed E-state index contributed by atoms with van der Waals surface area (Å²) in [6.45, 7) is 0.148. The highest BCUT2D eigenvalue weighted by Crippen LogP contribution is 2.19. The van der Waals surface area contributed by atoms with Crippen molar-refractivity contribution in [3.8, 4) is 6.07 Å². The molecule has 102 valence electrons. The molecule has 4 nitrogen and oxygen atoms in total. The van der Waals surface area contributed by atoms with E-state index in [1.807, 2.05) is 6.07 Å². The van der Waals surface area contributed by atoms with E-state index in [0.717, 1.165) is 15.8 Å². The summed E-state index contributed by atoms with van der Waals surface area (Å²) in [7, 11) is 0. The molecule has 0 saturated heterocycles. The number of ether oxygens (including phenoxy) is 1. The Balaban J connectivity index is 1.72. The molecule has 0 aliphatic carbocycles. The van der Waals surface area contributed by atoms with Crippen molar-refractivity contribution in [3.05, 3.63) is 64.7 Å². The summed E-state index contributed by atoms with van der Waals surface area (Å²) in [6, 6.07) is 14.4. The second kappa shape index (κ2) is 5.73. The van der Waals surface area contributed by atoms with E-state index >= 15 is 0 Å². The number of aromatic nitrogens is 1.